The van der Waals surface area contributed by atoms with Crippen LogP contribution >= 0.6 is 11.8 Å². The lowest BCUT2D eigenvalue weighted by Gasteiger charge is -2.12. The highest BCUT2D eigenvalue weighted by Gasteiger charge is 2.12. The third-order valence-electron chi connectivity index (χ3n) is 4.52. The second-order valence-electron chi connectivity index (χ2n) is 6.75. The number of nitrogens with one attached hydrogen (secondary N) is 1. The van der Waals surface area contributed by atoms with E-state index in [1.165, 1.54) is 22.7 Å². The Labute approximate surface area is 164 Å². The lowest BCUT2D eigenvalue weighted by molar-refractivity contribution is -0.113. The Balaban J connectivity index is 1.77. The molecule has 1 aromatic heterocycles. The predicted octanol–water partition coefficient (Wildman–Crippen LogP) is 5.21. The number of aromatic nitrogens is 1. The van der Waals surface area contributed by atoms with Crippen molar-refractivity contribution in [2.24, 2.45) is 0 Å². The lowest BCUT2D eigenvalue weighted by Crippen LogP contribution is -2.15. The lowest BCUT2D eigenvalue weighted by atomic mass is 10.0. The fraction of sp³-hybridized carbons (Fsp3) is 0.273. The standard InChI is InChI=1S/C22H24N2O2S/c1-13-6-9-19(26-5)18(10-13)23-20(25)12-27-22-16(4)11-17-14(2)7-8-15(3)21(17)24-22/h6-11H,12H2,1-5H3,(H,23,25). The third kappa shape index (κ3) is 4.25. The van der Waals surface area contributed by atoms with E-state index in [1.54, 1.807) is 7.11 Å². The van der Waals surface area contributed by atoms with Gasteiger partial charge >= 0.3 is 0 Å². The molecule has 0 spiro atoms. The van der Waals surface area contributed by atoms with Crippen molar-refractivity contribution in [3.05, 3.63) is 58.7 Å². The van der Waals surface area contributed by atoms with E-state index in [2.05, 4.69) is 37.4 Å². The Hall–Kier alpha value is -2.53. The van der Waals surface area contributed by atoms with Crippen molar-refractivity contribution in [3.8, 4) is 5.75 Å². The molecule has 0 radical (unpaired) electrons. The fourth-order valence-corrected chi connectivity index (χ4v) is 3.78. The maximum absolute atomic E-state index is 12.4. The molecule has 3 rings (SSSR count). The average molecular weight is 381 g/mol. The molecule has 1 heterocycles. The van der Waals surface area contributed by atoms with Crippen LogP contribution in [0.5, 0.6) is 5.75 Å². The summed E-state index contributed by atoms with van der Waals surface area (Å²) in [5.41, 5.74) is 6.21. The molecule has 27 heavy (non-hydrogen) atoms. The van der Waals surface area contributed by atoms with Crippen molar-refractivity contribution in [1.29, 1.82) is 0 Å². The van der Waals surface area contributed by atoms with Crippen LogP contribution in [0, 0.1) is 27.7 Å². The van der Waals surface area contributed by atoms with E-state index in [1.807, 2.05) is 32.0 Å². The summed E-state index contributed by atoms with van der Waals surface area (Å²) in [6, 6.07) is 12.1. The number of ether oxygens (including phenoxy) is 1. The minimum Gasteiger partial charge on any atom is -0.495 e. The van der Waals surface area contributed by atoms with E-state index in [4.69, 9.17) is 9.72 Å². The molecular weight excluding hydrogens is 356 g/mol. The van der Waals surface area contributed by atoms with Gasteiger partial charge in [0.05, 0.1) is 24.1 Å². The zero-order chi connectivity index (χ0) is 19.6. The van der Waals surface area contributed by atoms with Gasteiger partial charge in [-0.05, 0) is 68.1 Å². The van der Waals surface area contributed by atoms with Crippen LogP contribution in [-0.4, -0.2) is 23.8 Å². The first-order valence-corrected chi connectivity index (χ1v) is 9.82. The molecule has 1 amide bonds. The minimum absolute atomic E-state index is 0.0776. The predicted molar refractivity (Wildman–Crippen MR) is 113 cm³/mol. The number of amides is 1. The number of fused-ring (bicyclic) bond motifs is 1. The number of hydrogen-bond acceptors (Lipinski definition) is 4. The Morgan fingerprint density at radius 3 is 2.52 bits per heavy atom. The van der Waals surface area contributed by atoms with Crippen molar-refractivity contribution in [2.45, 2.75) is 32.7 Å². The number of hydrogen-bond donors (Lipinski definition) is 1. The molecular formula is C22H24N2O2S. The SMILES string of the molecule is COc1ccc(C)cc1NC(=O)CSc1nc2c(C)ccc(C)c2cc1C. The summed E-state index contributed by atoms with van der Waals surface area (Å²) >= 11 is 1.46. The summed E-state index contributed by atoms with van der Waals surface area (Å²) in [6.07, 6.45) is 0. The van der Waals surface area contributed by atoms with Crippen LogP contribution in [0.15, 0.2) is 41.4 Å². The normalized spacial score (nSPS) is 10.9. The molecule has 2 aromatic carbocycles. The fourth-order valence-electron chi connectivity index (χ4n) is 3.00. The Bertz CT molecular complexity index is 1010. The third-order valence-corrected chi connectivity index (χ3v) is 5.61. The summed E-state index contributed by atoms with van der Waals surface area (Å²) in [7, 11) is 1.60. The van der Waals surface area contributed by atoms with Crippen molar-refractivity contribution in [1.82, 2.24) is 4.98 Å². The highest BCUT2D eigenvalue weighted by Crippen LogP contribution is 2.29. The van der Waals surface area contributed by atoms with E-state index in [9.17, 15) is 4.79 Å². The monoisotopic (exact) mass is 380 g/mol. The first-order valence-electron chi connectivity index (χ1n) is 8.84. The molecule has 1 N–H and O–H groups in total. The quantitative estimate of drug-likeness (QED) is 0.618. The van der Waals surface area contributed by atoms with E-state index in [0.717, 1.165) is 27.2 Å². The van der Waals surface area contributed by atoms with Crippen molar-refractivity contribution in [3.63, 3.8) is 0 Å². The molecule has 0 saturated carbocycles. The highest BCUT2D eigenvalue weighted by atomic mass is 32.2. The van der Waals surface area contributed by atoms with Gasteiger partial charge in [-0.2, -0.15) is 0 Å². The summed E-state index contributed by atoms with van der Waals surface area (Å²) in [5.74, 6) is 0.873. The van der Waals surface area contributed by atoms with Gasteiger partial charge in [0.2, 0.25) is 5.91 Å². The number of carbonyl (C=O) groups is 1. The van der Waals surface area contributed by atoms with Crippen molar-refractivity contribution >= 4 is 34.3 Å². The molecule has 4 nitrogen and oxygen atoms in total. The molecule has 5 heteroatoms. The Morgan fingerprint density at radius 1 is 1.04 bits per heavy atom. The zero-order valence-corrected chi connectivity index (χ0v) is 17.2. The number of thioether (sulfide) groups is 1. The van der Waals surface area contributed by atoms with Crippen LogP contribution in [-0.2, 0) is 4.79 Å². The van der Waals surface area contributed by atoms with Gasteiger partial charge < -0.3 is 10.1 Å². The minimum atomic E-state index is -0.0776. The van der Waals surface area contributed by atoms with Crippen molar-refractivity contribution < 1.29 is 9.53 Å². The molecule has 0 fully saturated rings. The number of aryl methyl sites for hydroxylation is 4. The first-order chi connectivity index (χ1) is 12.9. The van der Waals surface area contributed by atoms with Crippen LogP contribution in [0.25, 0.3) is 10.9 Å². The molecule has 0 aliphatic heterocycles. The molecule has 0 aliphatic carbocycles. The van der Waals surface area contributed by atoms with E-state index in [-0.39, 0.29) is 5.91 Å². The summed E-state index contributed by atoms with van der Waals surface area (Å²) < 4.78 is 5.32. The van der Waals surface area contributed by atoms with Gasteiger partial charge in [-0.15, -0.1) is 0 Å². The van der Waals surface area contributed by atoms with Crippen LogP contribution < -0.4 is 10.1 Å². The molecule has 0 aliphatic rings. The van der Waals surface area contributed by atoms with Crippen molar-refractivity contribution in [2.75, 3.05) is 18.2 Å². The first kappa shape index (κ1) is 19.2. The summed E-state index contributed by atoms with van der Waals surface area (Å²) in [4.78, 5) is 17.3. The average Bonchev–Trinajstić information content (AvgIpc) is 2.64. The number of benzene rings is 2. The van der Waals surface area contributed by atoms with Gasteiger partial charge in [0.1, 0.15) is 10.8 Å². The van der Waals surface area contributed by atoms with Crippen LogP contribution in [0.3, 0.4) is 0 Å². The summed E-state index contributed by atoms with van der Waals surface area (Å²) in [6.45, 7) is 8.18. The Morgan fingerprint density at radius 2 is 1.78 bits per heavy atom. The van der Waals surface area contributed by atoms with Gasteiger partial charge in [0.15, 0.2) is 0 Å². The highest BCUT2D eigenvalue weighted by molar-refractivity contribution is 8.00. The van der Waals surface area contributed by atoms with Gasteiger partial charge in [-0.25, -0.2) is 4.98 Å². The topological polar surface area (TPSA) is 51.2 Å². The van der Waals surface area contributed by atoms with Gasteiger partial charge in [0.25, 0.3) is 0 Å². The second-order valence-corrected chi connectivity index (χ2v) is 7.71. The second kappa shape index (κ2) is 8.01. The number of pyridine rings is 1. The van der Waals surface area contributed by atoms with Gasteiger partial charge in [-0.3, -0.25) is 4.79 Å². The largest absolute Gasteiger partial charge is 0.495 e. The van der Waals surface area contributed by atoms with Crippen LogP contribution in [0.2, 0.25) is 0 Å². The molecule has 0 bridgehead atoms. The zero-order valence-electron chi connectivity index (χ0n) is 16.3. The van der Waals surface area contributed by atoms with Gasteiger partial charge in [-0.1, -0.05) is 30.0 Å². The molecule has 0 atom stereocenters. The Kier molecular flexibility index (Phi) is 5.71. The number of rotatable bonds is 5. The number of methoxy groups -OCH3 is 1. The molecule has 0 saturated heterocycles. The smallest absolute Gasteiger partial charge is 0.234 e. The molecule has 140 valence electrons. The number of anilines is 1. The van der Waals surface area contributed by atoms with Crippen LogP contribution in [0.4, 0.5) is 5.69 Å². The number of nitrogens with zero attached hydrogens (tertiary/aromatic N) is 1. The van der Waals surface area contributed by atoms with E-state index < -0.39 is 0 Å². The van der Waals surface area contributed by atoms with Gasteiger partial charge in [0, 0.05) is 5.39 Å². The maximum Gasteiger partial charge on any atom is 0.234 e. The summed E-state index contributed by atoms with van der Waals surface area (Å²) in [5, 5.41) is 5.00. The number of carbonyl (C=O) groups excluding carboxylic acids is 1. The van der Waals surface area contributed by atoms with E-state index in [0.29, 0.717) is 17.2 Å². The molecule has 0 unspecified atom stereocenters. The molecule has 3 aromatic rings. The van der Waals surface area contributed by atoms with Crippen LogP contribution in [0.1, 0.15) is 22.3 Å². The van der Waals surface area contributed by atoms with E-state index >= 15 is 0 Å². The maximum atomic E-state index is 12.4.